The van der Waals surface area contributed by atoms with E-state index in [1.807, 2.05) is 19.1 Å². The molecule has 2 aliphatic heterocycles. The maximum atomic E-state index is 13.2. The van der Waals surface area contributed by atoms with Crippen LogP contribution in [0.15, 0.2) is 36.8 Å². The number of hydrogen-bond donors (Lipinski definition) is 1. The van der Waals surface area contributed by atoms with Crippen molar-refractivity contribution in [3.63, 3.8) is 0 Å². The molecule has 0 radical (unpaired) electrons. The van der Waals surface area contributed by atoms with E-state index in [0.717, 1.165) is 17.5 Å². The molecule has 1 aromatic carbocycles. The van der Waals surface area contributed by atoms with Crippen molar-refractivity contribution in [3.05, 3.63) is 47.9 Å². The first-order valence-electron chi connectivity index (χ1n) is 11.3. The lowest BCUT2D eigenvalue weighted by Crippen LogP contribution is -2.36. The number of ether oxygens (including phenoxy) is 2. The number of benzene rings is 1. The van der Waals surface area contributed by atoms with Gasteiger partial charge in [0.25, 0.3) is 16.0 Å². The van der Waals surface area contributed by atoms with Gasteiger partial charge in [-0.25, -0.2) is 9.50 Å². The SMILES string of the molecule is CC1(CCOS(C)(=O)=O)Cc2cc(NC(=O)c3cnn4cccnc34)c(N3CCOCC3)cc2O1. The summed E-state index contributed by atoms with van der Waals surface area (Å²) in [6.07, 6.45) is 6.84. The molecule has 1 saturated heterocycles. The van der Waals surface area contributed by atoms with Crippen LogP contribution in [0.1, 0.15) is 29.3 Å². The highest BCUT2D eigenvalue weighted by Gasteiger charge is 2.36. The van der Waals surface area contributed by atoms with E-state index < -0.39 is 15.7 Å². The van der Waals surface area contributed by atoms with E-state index in [0.29, 0.717) is 61.8 Å². The summed E-state index contributed by atoms with van der Waals surface area (Å²) in [6.45, 7) is 4.49. The molecule has 4 heterocycles. The molecule has 1 unspecified atom stereocenters. The van der Waals surface area contributed by atoms with Gasteiger partial charge >= 0.3 is 0 Å². The first-order chi connectivity index (χ1) is 16.7. The molecule has 186 valence electrons. The number of hydrogen-bond acceptors (Lipinski definition) is 9. The third kappa shape index (κ3) is 5.09. The van der Waals surface area contributed by atoms with Gasteiger partial charge in [0.05, 0.1) is 43.6 Å². The standard InChI is InChI=1S/C23H27N5O6S/c1-23(4-9-33-35(2,30)31)14-16-12-18(19(13-20(16)34-23)27-7-10-32-11-8-27)26-22(29)17-15-25-28-6-3-5-24-21(17)28/h3,5-6,12-13,15H,4,7-11,14H2,1-2H3,(H,26,29). The summed E-state index contributed by atoms with van der Waals surface area (Å²) in [7, 11) is -3.52. The highest BCUT2D eigenvalue weighted by Crippen LogP contribution is 2.43. The second kappa shape index (κ2) is 9.10. The van der Waals surface area contributed by atoms with Gasteiger partial charge in [-0.2, -0.15) is 13.5 Å². The summed E-state index contributed by atoms with van der Waals surface area (Å²) in [4.78, 5) is 19.7. The largest absolute Gasteiger partial charge is 0.487 e. The normalized spacial score (nSPS) is 20.0. The quantitative estimate of drug-likeness (QED) is 0.483. The molecule has 1 N–H and O–H groups in total. The number of amides is 1. The summed E-state index contributed by atoms with van der Waals surface area (Å²) in [6, 6.07) is 5.61. The molecule has 0 saturated carbocycles. The molecule has 2 aromatic heterocycles. The molecule has 11 nitrogen and oxygen atoms in total. The number of morpholine rings is 1. The first-order valence-corrected chi connectivity index (χ1v) is 13.2. The van der Waals surface area contributed by atoms with Gasteiger partial charge < -0.3 is 19.7 Å². The van der Waals surface area contributed by atoms with E-state index in [4.69, 9.17) is 13.7 Å². The van der Waals surface area contributed by atoms with E-state index in [9.17, 15) is 13.2 Å². The maximum Gasteiger partial charge on any atom is 0.264 e. The number of carbonyl (C=O) groups is 1. The van der Waals surface area contributed by atoms with E-state index in [1.165, 1.54) is 6.20 Å². The molecule has 12 heteroatoms. The Labute approximate surface area is 203 Å². The van der Waals surface area contributed by atoms with Crippen molar-refractivity contribution >= 4 is 33.0 Å². The molecule has 35 heavy (non-hydrogen) atoms. The van der Waals surface area contributed by atoms with Crippen LogP contribution in [0.5, 0.6) is 5.75 Å². The van der Waals surface area contributed by atoms with E-state index in [2.05, 4.69) is 20.3 Å². The fraction of sp³-hybridized carbons (Fsp3) is 0.435. The van der Waals surface area contributed by atoms with Crippen molar-refractivity contribution in [1.29, 1.82) is 0 Å². The minimum Gasteiger partial charge on any atom is -0.487 e. The van der Waals surface area contributed by atoms with Crippen molar-refractivity contribution in [2.75, 3.05) is 49.4 Å². The highest BCUT2D eigenvalue weighted by molar-refractivity contribution is 7.85. The number of aromatic nitrogens is 3. The summed E-state index contributed by atoms with van der Waals surface area (Å²) >= 11 is 0. The summed E-state index contributed by atoms with van der Waals surface area (Å²) in [5, 5.41) is 7.26. The van der Waals surface area contributed by atoms with Gasteiger partial charge in [0.2, 0.25) is 0 Å². The zero-order chi connectivity index (χ0) is 24.6. The summed E-state index contributed by atoms with van der Waals surface area (Å²) < 4.78 is 40.9. The molecular formula is C23H27N5O6S. The Hall–Kier alpha value is -3.22. The van der Waals surface area contributed by atoms with Crippen LogP contribution in [0.25, 0.3) is 5.65 Å². The predicted octanol–water partition coefficient (Wildman–Crippen LogP) is 1.88. The Kier molecular flexibility index (Phi) is 6.11. The molecule has 5 rings (SSSR count). The lowest BCUT2D eigenvalue weighted by atomic mass is 9.95. The number of rotatable bonds is 7. The molecule has 2 aliphatic rings. The third-order valence-electron chi connectivity index (χ3n) is 6.15. The smallest absolute Gasteiger partial charge is 0.264 e. The fourth-order valence-corrected chi connectivity index (χ4v) is 4.83. The summed E-state index contributed by atoms with van der Waals surface area (Å²) in [5.41, 5.74) is 2.65. The third-order valence-corrected chi connectivity index (χ3v) is 6.75. The number of nitrogens with zero attached hydrogens (tertiary/aromatic N) is 4. The van der Waals surface area contributed by atoms with Crippen LogP contribution in [0.4, 0.5) is 11.4 Å². The van der Waals surface area contributed by atoms with Crippen molar-refractivity contribution in [2.24, 2.45) is 0 Å². The second-order valence-corrected chi connectivity index (χ2v) is 10.6. The number of carbonyl (C=O) groups excluding carboxylic acids is 1. The Balaban J connectivity index is 1.43. The molecule has 3 aromatic rings. The fourth-order valence-electron chi connectivity index (χ4n) is 4.44. The maximum absolute atomic E-state index is 13.2. The van der Waals surface area contributed by atoms with Crippen LogP contribution in [-0.4, -0.2) is 73.7 Å². The molecule has 0 aliphatic carbocycles. The van der Waals surface area contributed by atoms with Crippen LogP contribution >= 0.6 is 0 Å². The van der Waals surface area contributed by atoms with Gasteiger partial charge in [-0.15, -0.1) is 0 Å². The number of fused-ring (bicyclic) bond motifs is 2. The molecule has 0 bridgehead atoms. The van der Waals surface area contributed by atoms with Gasteiger partial charge in [0.15, 0.2) is 5.65 Å². The van der Waals surface area contributed by atoms with Gasteiger partial charge in [-0.3, -0.25) is 8.98 Å². The molecule has 1 fully saturated rings. The number of anilines is 2. The minimum atomic E-state index is -3.52. The van der Waals surface area contributed by atoms with E-state index >= 15 is 0 Å². The van der Waals surface area contributed by atoms with Crippen LogP contribution in [0.3, 0.4) is 0 Å². The highest BCUT2D eigenvalue weighted by atomic mass is 32.2. The first kappa shape index (κ1) is 23.5. The Morgan fingerprint density at radius 2 is 2.09 bits per heavy atom. The van der Waals surface area contributed by atoms with Crippen molar-refractivity contribution < 1.29 is 26.9 Å². The van der Waals surface area contributed by atoms with Crippen LogP contribution < -0.4 is 15.0 Å². The van der Waals surface area contributed by atoms with Crippen molar-refractivity contribution in [1.82, 2.24) is 14.6 Å². The Bertz CT molecular complexity index is 1370. The zero-order valence-corrected chi connectivity index (χ0v) is 20.4. The van der Waals surface area contributed by atoms with Crippen LogP contribution in [0, 0.1) is 0 Å². The van der Waals surface area contributed by atoms with Gasteiger partial charge in [0, 0.05) is 50.0 Å². The van der Waals surface area contributed by atoms with Gasteiger partial charge in [-0.05, 0) is 19.1 Å². The average Bonchev–Trinajstić information content (AvgIpc) is 3.38. The monoisotopic (exact) mass is 501 g/mol. The lowest BCUT2D eigenvalue weighted by molar-refractivity contribution is 0.0873. The Morgan fingerprint density at radius 1 is 1.29 bits per heavy atom. The molecular weight excluding hydrogens is 474 g/mol. The zero-order valence-electron chi connectivity index (χ0n) is 19.6. The topological polar surface area (TPSA) is 124 Å². The van der Waals surface area contributed by atoms with Crippen LogP contribution in [0.2, 0.25) is 0 Å². The van der Waals surface area contributed by atoms with Crippen molar-refractivity contribution in [2.45, 2.75) is 25.4 Å². The van der Waals surface area contributed by atoms with Crippen LogP contribution in [-0.2, 0) is 25.5 Å². The Morgan fingerprint density at radius 3 is 2.86 bits per heavy atom. The predicted molar refractivity (Wildman–Crippen MR) is 129 cm³/mol. The van der Waals surface area contributed by atoms with Gasteiger partial charge in [-0.1, -0.05) is 0 Å². The van der Waals surface area contributed by atoms with Crippen molar-refractivity contribution in [3.8, 4) is 5.75 Å². The lowest BCUT2D eigenvalue weighted by Gasteiger charge is -2.31. The molecule has 0 spiro atoms. The molecule has 1 amide bonds. The molecule has 1 atom stereocenters. The van der Waals surface area contributed by atoms with E-state index in [-0.39, 0.29) is 12.5 Å². The van der Waals surface area contributed by atoms with E-state index in [1.54, 1.807) is 23.0 Å². The number of nitrogens with one attached hydrogen (secondary N) is 1. The summed E-state index contributed by atoms with van der Waals surface area (Å²) in [5.74, 6) is 0.403. The van der Waals surface area contributed by atoms with Gasteiger partial charge in [0.1, 0.15) is 16.9 Å². The minimum absolute atomic E-state index is 0.0327. The average molecular weight is 502 g/mol. The second-order valence-electron chi connectivity index (χ2n) is 8.98.